The van der Waals surface area contributed by atoms with E-state index in [1.165, 1.54) is 27.7 Å². The monoisotopic (exact) mass is 630 g/mol. The molecule has 254 valence electrons. The second-order valence-corrected chi connectivity index (χ2v) is 15.5. The fourth-order valence-corrected chi connectivity index (χ4v) is 10.8. The summed E-state index contributed by atoms with van der Waals surface area (Å²) in [5, 5.41) is 0. The molecule has 0 aliphatic heterocycles. The van der Waals surface area contributed by atoms with E-state index < -0.39 is 12.2 Å². The fraction of sp³-hybridized carbons (Fsp3) is 0.838. The molecule has 3 fully saturated rings. The van der Waals surface area contributed by atoms with E-state index in [1.54, 1.807) is 0 Å². The van der Waals surface area contributed by atoms with E-state index in [4.69, 9.17) is 18.9 Å². The van der Waals surface area contributed by atoms with Gasteiger partial charge in [-0.3, -0.25) is 19.2 Å². The molecule has 4 aliphatic rings. The minimum Gasteiger partial charge on any atom is -0.458 e. The Hall–Kier alpha value is -2.38. The molecule has 0 saturated heterocycles. The van der Waals surface area contributed by atoms with Crippen LogP contribution >= 0.6 is 0 Å². The summed E-state index contributed by atoms with van der Waals surface area (Å²) in [5.41, 5.74) is 1.00. The maximum Gasteiger partial charge on any atom is 0.303 e. The van der Waals surface area contributed by atoms with Crippen molar-refractivity contribution in [2.45, 2.75) is 145 Å². The first-order valence-electron chi connectivity index (χ1n) is 17.4. The molecule has 0 N–H and O–H groups in total. The molecule has 3 saturated carbocycles. The molecule has 45 heavy (non-hydrogen) atoms. The van der Waals surface area contributed by atoms with Gasteiger partial charge in [-0.05, 0) is 103 Å². The summed E-state index contributed by atoms with van der Waals surface area (Å²) in [7, 11) is 0. The standard InChI is InChI=1S/C37H58O8/c1-11-27(20(2)3)35(45-25(8)41)34(44-24(7)40)21(4)29-12-13-30-28-19-33(43-23(6)39)32-18-26(42-22(5)38)14-16-37(32,10)31(28)15-17-36(29,30)9/h18,20-21,26-31,33-35H,11-17,19H2,1-10H3/t21-,26-,27-,28-,29+,30-,31-,33+,34+,35+,36+,37+/m0/s1. The van der Waals surface area contributed by atoms with E-state index in [1.807, 2.05) is 0 Å². The van der Waals surface area contributed by atoms with Crippen LogP contribution < -0.4 is 0 Å². The highest BCUT2D eigenvalue weighted by molar-refractivity contribution is 5.68. The lowest BCUT2D eigenvalue weighted by atomic mass is 9.45. The van der Waals surface area contributed by atoms with Gasteiger partial charge in [0.15, 0.2) is 0 Å². The Morgan fingerprint density at radius 2 is 1.42 bits per heavy atom. The molecule has 0 unspecified atom stereocenters. The van der Waals surface area contributed by atoms with Crippen LogP contribution in [-0.4, -0.2) is 48.3 Å². The molecule has 0 heterocycles. The summed E-state index contributed by atoms with van der Waals surface area (Å²) in [5.74, 6) is 0.591. The molecule has 12 atom stereocenters. The van der Waals surface area contributed by atoms with Crippen LogP contribution in [0.3, 0.4) is 0 Å². The largest absolute Gasteiger partial charge is 0.458 e. The predicted octanol–water partition coefficient (Wildman–Crippen LogP) is 7.22. The van der Waals surface area contributed by atoms with Gasteiger partial charge in [0, 0.05) is 39.5 Å². The van der Waals surface area contributed by atoms with Crippen molar-refractivity contribution in [1.82, 2.24) is 0 Å². The topological polar surface area (TPSA) is 105 Å². The van der Waals surface area contributed by atoms with Gasteiger partial charge < -0.3 is 18.9 Å². The highest BCUT2D eigenvalue weighted by Crippen LogP contribution is 2.68. The van der Waals surface area contributed by atoms with E-state index in [2.05, 4.69) is 47.6 Å². The summed E-state index contributed by atoms with van der Waals surface area (Å²) in [6, 6.07) is 0. The van der Waals surface area contributed by atoms with Crippen molar-refractivity contribution in [2.75, 3.05) is 0 Å². The first kappa shape index (κ1) is 35.5. The second kappa shape index (κ2) is 13.8. The summed E-state index contributed by atoms with van der Waals surface area (Å²) >= 11 is 0. The zero-order valence-corrected chi connectivity index (χ0v) is 29.4. The van der Waals surface area contributed by atoms with Gasteiger partial charge in [-0.15, -0.1) is 0 Å². The number of carbonyl (C=O) groups excluding carboxylic acids is 4. The lowest BCUT2D eigenvalue weighted by Gasteiger charge is -2.60. The Balaban J connectivity index is 1.67. The molecular formula is C37H58O8. The summed E-state index contributed by atoms with van der Waals surface area (Å²) < 4.78 is 23.8. The highest BCUT2D eigenvalue weighted by atomic mass is 16.6. The van der Waals surface area contributed by atoms with E-state index in [0.717, 1.165) is 56.9 Å². The van der Waals surface area contributed by atoms with Gasteiger partial charge in [0.25, 0.3) is 0 Å². The average Bonchev–Trinajstić information content (AvgIpc) is 3.28. The second-order valence-electron chi connectivity index (χ2n) is 15.5. The number of rotatable bonds is 10. The zero-order valence-electron chi connectivity index (χ0n) is 29.4. The predicted molar refractivity (Wildman–Crippen MR) is 171 cm³/mol. The van der Waals surface area contributed by atoms with Gasteiger partial charge in [-0.1, -0.05) is 41.5 Å². The molecule has 0 spiro atoms. The minimum absolute atomic E-state index is 0.00401. The van der Waals surface area contributed by atoms with Crippen LogP contribution in [0.5, 0.6) is 0 Å². The third-order valence-electron chi connectivity index (χ3n) is 12.6. The van der Waals surface area contributed by atoms with Crippen LogP contribution in [0.1, 0.15) is 121 Å². The molecule has 0 amide bonds. The lowest BCUT2D eigenvalue weighted by molar-refractivity contribution is -0.182. The summed E-state index contributed by atoms with van der Waals surface area (Å²) in [6.45, 7) is 19.2. The van der Waals surface area contributed by atoms with Crippen LogP contribution in [0.25, 0.3) is 0 Å². The van der Waals surface area contributed by atoms with Crippen LogP contribution in [0, 0.1) is 52.3 Å². The SMILES string of the molecule is CC[C@@H](C(C)C)[C@@H](OC(C)=O)[C@H](OC(C)=O)[C@@H](C)[C@H]1CC[C@H]2[C@@H]3C[C@@H](OC(C)=O)C4=C[C@@H](OC(C)=O)CC[C@]4(C)[C@H]3CC[C@]12C. The number of ether oxygens (including phenoxy) is 4. The van der Waals surface area contributed by atoms with E-state index in [9.17, 15) is 19.2 Å². The fourth-order valence-electron chi connectivity index (χ4n) is 10.8. The maximum atomic E-state index is 12.5. The molecule has 0 aromatic carbocycles. The highest BCUT2D eigenvalue weighted by Gasteiger charge is 2.62. The van der Waals surface area contributed by atoms with E-state index in [0.29, 0.717) is 17.8 Å². The Morgan fingerprint density at radius 1 is 0.800 bits per heavy atom. The smallest absolute Gasteiger partial charge is 0.303 e. The van der Waals surface area contributed by atoms with Gasteiger partial charge in [-0.25, -0.2) is 0 Å². The molecule has 0 bridgehead atoms. The number of carbonyl (C=O) groups is 4. The van der Waals surface area contributed by atoms with Crippen molar-refractivity contribution in [3.63, 3.8) is 0 Å². The Labute approximate surface area is 270 Å². The van der Waals surface area contributed by atoms with Gasteiger partial charge in [0.05, 0.1) is 0 Å². The van der Waals surface area contributed by atoms with E-state index >= 15 is 0 Å². The van der Waals surface area contributed by atoms with Crippen molar-refractivity contribution >= 4 is 23.9 Å². The number of hydrogen-bond donors (Lipinski definition) is 0. The normalized spacial score (nSPS) is 36.6. The molecule has 4 aliphatic carbocycles. The van der Waals surface area contributed by atoms with Gasteiger partial charge in [-0.2, -0.15) is 0 Å². The zero-order chi connectivity index (χ0) is 33.4. The minimum atomic E-state index is -0.527. The van der Waals surface area contributed by atoms with Crippen LogP contribution in [-0.2, 0) is 38.1 Å². The number of esters is 4. The molecule has 0 radical (unpaired) electrons. The average molecular weight is 631 g/mol. The van der Waals surface area contributed by atoms with E-state index in [-0.39, 0.29) is 70.6 Å². The van der Waals surface area contributed by atoms with Crippen LogP contribution in [0.4, 0.5) is 0 Å². The number of fused-ring (bicyclic) bond motifs is 5. The van der Waals surface area contributed by atoms with Crippen molar-refractivity contribution in [1.29, 1.82) is 0 Å². The Kier molecular flexibility index (Phi) is 10.9. The van der Waals surface area contributed by atoms with Gasteiger partial charge in [0.1, 0.15) is 24.4 Å². The van der Waals surface area contributed by atoms with Gasteiger partial charge in [0.2, 0.25) is 0 Å². The van der Waals surface area contributed by atoms with Crippen molar-refractivity contribution in [3.05, 3.63) is 11.6 Å². The quantitative estimate of drug-likeness (QED) is 0.142. The molecule has 8 heteroatoms. The molecule has 0 aromatic rings. The van der Waals surface area contributed by atoms with Crippen molar-refractivity contribution in [2.24, 2.45) is 52.3 Å². The first-order chi connectivity index (χ1) is 21.0. The first-order valence-corrected chi connectivity index (χ1v) is 17.4. The molecule has 4 rings (SSSR count). The third kappa shape index (κ3) is 7.00. The van der Waals surface area contributed by atoms with Crippen molar-refractivity contribution in [3.8, 4) is 0 Å². The van der Waals surface area contributed by atoms with Gasteiger partial charge >= 0.3 is 23.9 Å². The third-order valence-corrected chi connectivity index (χ3v) is 12.6. The summed E-state index contributed by atoms with van der Waals surface area (Å²) in [6.07, 6.45) is 7.90. The van der Waals surface area contributed by atoms with Crippen LogP contribution in [0.2, 0.25) is 0 Å². The maximum absolute atomic E-state index is 12.5. The van der Waals surface area contributed by atoms with Crippen LogP contribution in [0.15, 0.2) is 11.6 Å². The molecular weight excluding hydrogens is 572 g/mol. The Morgan fingerprint density at radius 3 is 1.98 bits per heavy atom. The number of hydrogen-bond acceptors (Lipinski definition) is 8. The summed E-state index contributed by atoms with van der Waals surface area (Å²) in [4.78, 5) is 49.1. The van der Waals surface area contributed by atoms with Crippen molar-refractivity contribution < 1.29 is 38.1 Å². The Bertz CT molecular complexity index is 1160. The molecule has 0 aromatic heterocycles. The lowest BCUT2D eigenvalue weighted by Crippen LogP contribution is -2.56. The molecule has 8 nitrogen and oxygen atoms in total.